The van der Waals surface area contributed by atoms with E-state index in [-0.39, 0.29) is 5.91 Å². The summed E-state index contributed by atoms with van der Waals surface area (Å²) in [6.07, 6.45) is 11.1. The van der Waals surface area contributed by atoms with Crippen LogP contribution in [0.25, 0.3) is 0 Å². The molecular weight excluding hydrogens is 252 g/mol. The van der Waals surface area contributed by atoms with Crippen LogP contribution < -0.4 is 10.6 Å². The monoisotopic (exact) mass is 276 g/mol. The Balaban J connectivity index is 1.49. The van der Waals surface area contributed by atoms with Crippen LogP contribution in [-0.4, -0.2) is 27.8 Å². The molecule has 5 heteroatoms. The van der Waals surface area contributed by atoms with E-state index in [0.717, 1.165) is 24.4 Å². The lowest BCUT2D eigenvalue weighted by atomic mass is 9.87. The van der Waals surface area contributed by atoms with Crippen LogP contribution >= 0.6 is 0 Å². The van der Waals surface area contributed by atoms with Gasteiger partial charge in [0.2, 0.25) is 5.91 Å². The largest absolute Gasteiger partial charge is 0.380 e. The lowest BCUT2D eigenvalue weighted by molar-refractivity contribution is -0.122. The molecule has 3 rings (SSSR count). The number of carbonyl (C=O) groups excluding carboxylic acids is 1. The molecule has 110 valence electrons. The molecule has 2 unspecified atom stereocenters. The van der Waals surface area contributed by atoms with E-state index in [4.69, 9.17) is 0 Å². The average Bonchev–Trinajstić information content (AvgIpc) is 3.09. The predicted molar refractivity (Wildman–Crippen MR) is 78.4 cm³/mol. The molecule has 0 radical (unpaired) electrons. The minimum absolute atomic E-state index is 0.0634. The Kier molecular flexibility index (Phi) is 3.94. The van der Waals surface area contributed by atoms with Crippen molar-refractivity contribution < 1.29 is 4.79 Å². The van der Waals surface area contributed by atoms with Gasteiger partial charge in [-0.15, -0.1) is 0 Å². The summed E-state index contributed by atoms with van der Waals surface area (Å²) in [6.45, 7) is 2.64. The number of nitrogens with one attached hydrogen (secondary N) is 2. The molecule has 2 fully saturated rings. The van der Waals surface area contributed by atoms with Gasteiger partial charge in [-0.2, -0.15) is 5.10 Å². The number of amides is 1. The van der Waals surface area contributed by atoms with E-state index < -0.39 is 0 Å². The van der Waals surface area contributed by atoms with Crippen LogP contribution in [0.1, 0.15) is 45.4 Å². The van der Waals surface area contributed by atoms with Crippen molar-refractivity contribution >= 4 is 11.6 Å². The fraction of sp³-hybridized carbons (Fsp3) is 0.733. The van der Waals surface area contributed by atoms with Crippen molar-refractivity contribution in [2.24, 2.45) is 5.92 Å². The van der Waals surface area contributed by atoms with Gasteiger partial charge in [0.05, 0.1) is 11.9 Å². The van der Waals surface area contributed by atoms with E-state index in [1.807, 2.05) is 12.4 Å². The molecule has 2 saturated carbocycles. The number of aromatic nitrogens is 2. The Morgan fingerprint density at radius 3 is 2.95 bits per heavy atom. The molecule has 2 atom stereocenters. The molecule has 0 aliphatic heterocycles. The van der Waals surface area contributed by atoms with Crippen LogP contribution in [0.3, 0.4) is 0 Å². The number of carbonyl (C=O) groups is 1. The Morgan fingerprint density at radius 1 is 1.35 bits per heavy atom. The Bertz CT molecular complexity index is 466. The zero-order valence-electron chi connectivity index (χ0n) is 12.1. The van der Waals surface area contributed by atoms with Crippen molar-refractivity contribution in [1.82, 2.24) is 15.1 Å². The van der Waals surface area contributed by atoms with E-state index in [2.05, 4.69) is 22.7 Å². The lowest BCUT2D eigenvalue weighted by Gasteiger charge is -2.27. The predicted octanol–water partition coefficient (Wildman–Crippen LogP) is 2.15. The minimum Gasteiger partial charge on any atom is -0.380 e. The Labute approximate surface area is 120 Å². The van der Waals surface area contributed by atoms with Crippen LogP contribution in [0.5, 0.6) is 0 Å². The van der Waals surface area contributed by atoms with Gasteiger partial charge < -0.3 is 10.6 Å². The van der Waals surface area contributed by atoms with Gasteiger partial charge in [-0.1, -0.05) is 19.8 Å². The summed E-state index contributed by atoms with van der Waals surface area (Å²) in [6, 6.07) is 0.969. The SMILES string of the molecule is CC1CCCC(Nc2cnn(CC(=O)NC3CC3)c2)C1. The van der Waals surface area contributed by atoms with Gasteiger partial charge in [0.25, 0.3) is 0 Å². The molecule has 2 aliphatic rings. The Morgan fingerprint density at radius 2 is 2.20 bits per heavy atom. The van der Waals surface area contributed by atoms with E-state index in [1.165, 1.54) is 25.7 Å². The third kappa shape index (κ3) is 3.74. The summed E-state index contributed by atoms with van der Waals surface area (Å²) >= 11 is 0. The zero-order valence-corrected chi connectivity index (χ0v) is 12.1. The molecular formula is C15H24N4O. The van der Waals surface area contributed by atoms with Crippen LogP contribution in [0.2, 0.25) is 0 Å². The molecule has 1 aromatic heterocycles. The molecule has 0 spiro atoms. The van der Waals surface area contributed by atoms with Crippen molar-refractivity contribution in [3.05, 3.63) is 12.4 Å². The third-order valence-corrected chi connectivity index (χ3v) is 4.19. The second kappa shape index (κ2) is 5.85. The van der Waals surface area contributed by atoms with Gasteiger partial charge in [0.15, 0.2) is 0 Å². The lowest BCUT2D eigenvalue weighted by Crippen LogP contribution is -2.29. The first kappa shape index (κ1) is 13.5. The normalized spacial score (nSPS) is 26.2. The summed E-state index contributed by atoms with van der Waals surface area (Å²) in [5.41, 5.74) is 1.03. The van der Waals surface area contributed by atoms with Crippen LogP contribution in [0.4, 0.5) is 5.69 Å². The summed E-state index contributed by atoms with van der Waals surface area (Å²) in [7, 11) is 0. The van der Waals surface area contributed by atoms with Gasteiger partial charge in [0, 0.05) is 18.3 Å². The van der Waals surface area contributed by atoms with Crippen molar-refractivity contribution in [1.29, 1.82) is 0 Å². The van der Waals surface area contributed by atoms with Crippen LogP contribution in [0.15, 0.2) is 12.4 Å². The molecule has 1 amide bonds. The summed E-state index contributed by atoms with van der Waals surface area (Å²) in [5.74, 6) is 0.869. The van der Waals surface area contributed by atoms with Gasteiger partial charge in [0.1, 0.15) is 6.54 Å². The van der Waals surface area contributed by atoms with Crippen molar-refractivity contribution in [2.45, 2.75) is 64.1 Å². The number of hydrogen-bond donors (Lipinski definition) is 2. The zero-order chi connectivity index (χ0) is 13.9. The summed E-state index contributed by atoms with van der Waals surface area (Å²) in [4.78, 5) is 11.7. The fourth-order valence-corrected chi connectivity index (χ4v) is 2.97. The van der Waals surface area contributed by atoms with E-state index >= 15 is 0 Å². The molecule has 2 N–H and O–H groups in total. The molecule has 0 saturated heterocycles. The highest BCUT2D eigenvalue weighted by atomic mass is 16.2. The van der Waals surface area contributed by atoms with Gasteiger partial charge in [-0.05, 0) is 31.6 Å². The summed E-state index contributed by atoms with van der Waals surface area (Å²) < 4.78 is 1.71. The smallest absolute Gasteiger partial charge is 0.241 e. The second-order valence-electron chi connectivity index (χ2n) is 6.38. The van der Waals surface area contributed by atoms with Gasteiger partial charge >= 0.3 is 0 Å². The molecule has 5 nitrogen and oxygen atoms in total. The maximum absolute atomic E-state index is 11.7. The third-order valence-electron chi connectivity index (χ3n) is 4.19. The van der Waals surface area contributed by atoms with Gasteiger partial charge in [-0.25, -0.2) is 0 Å². The van der Waals surface area contributed by atoms with E-state index in [0.29, 0.717) is 18.6 Å². The molecule has 1 aromatic rings. The highest BCUT2D eigenvalue weighted by Crippen LogP contribution is 2.26. The summed E-state index contributed by atoms with van der Waals surface area (Å²) in [5, 5.41) is 10.8. The minimum atomic E-state index is 0.0634. The number of anilines is 1. The topological polar surface area (TPSA) is 59.0 Å². The first-order chi connectivity index (χ1) is 9.69. The highest BCUT2D eigenvalue weighted by molar-refractivity contribution is 5.76. The van der Waals surface area contributed by atoms with E-state index in [9.17, 15) is 4.79 Å². The maximum Gasteiger partial charge on any atom is 0.241 e. The highest BCUT2D eigenvalue weighted by Gasteiger charge is 2.23. The molecule has 1 heterocycles. The average molecular weight is 276 g/mol. The maximum atomic E-state index is 11.7. The first-order valence-corrected chi connectivity index (χ1v) is 7.77. The standard InChI is InChI=1S/C15H24N4O/c1-11-3-2-4-13(7-11)17-14-8-16-19(9-14)10-15(20)18-12-5-6-12/h8-9,11-13,17H,2-7,10H2,1H3,(H,18,20). The van der Waals surface area contributed by atoms with Crippen LogP contribution in [-0.2, 0) is 11.3 Å². The van der Waals surface area contributed by atoms with Crippen molar-refractivity contribution in [2.75, 3.05) is 5.32 Å². The van der Waals surface area contributed by atoms with E-state index in [1.54, 1.807) is 4.68 Å². The Hall–Kier alpha value is -1.52. The molecule has 20 heavy (non-hydrogen) atoms. The second-order valence-corrected chi connectivity index (χ2v) is 6.38. The van der Waals surface area contributed by atoms with Crippen LogP contribution in [0, 0.1) is 5.92 Å². The van der Waals surface area contributed by atoms with Crippen molar-refractivity contribution in [3.8, 4) is 0 Å². The molecule has 0 aromatic carbocycles. The fourth-order valence-electron chi connectivity index (χ4n) is 2.97. The number of hydrogen-bond acceptors (Lipinski definition) is 3. The number of nitrogens with zero attached hydrogens (tertiary/aromatic N) is 2. The quantitative estimate of drug-likeness (QED) is 0.866. The first-order valence-electron chi connectivity index (χ1n) is 7.77. The van der Waals surface area contributed by atoms with Crippen molar-refractivity contribution in [3.63, 3.8) is 0 Å². The number of rotatable bonds is 5. The van der Waals surface area contributed by atoms with Gasteiger partial charge in [-0.3, -0.25) is 9.48 Å². The molecule has 0 bridgehead atoms. The molecule has 2 aliphatic carbocycles.